The topological polar surface area (TPSA) is 82.8 Å². The van der Waals surface area contributed by atoms with Gasteiger partial charge in [-0.3, -0.25) is 4.79 Å². The van der Waals surface area contributed by atoms with Gasteiger partial charge in [0.15, 0.2) is 0 Å². The van der Waals surface area contributed by atoms with Crippen LogP contribution in [0.4, 0.5) is 0 Å². The first-order valence-electron chi connectivity index (χ1n) is 6.79. The molecule has 1 amide bonds. The molecule has 0 aromatic carbocycles. The zero-order chi connectivity index (χ0) is 14.1. The Morgan fingerprint density at radius 3 is 2.84 bits per heavy atom. The molecule has 2 atom stereocenters. The minimum atomic E-state index is -0.588. The third-order valence-corrected chi connectivity index (χ3v) is 3.47. The average Bonchev–Trinajstić information content (AvgIpc) is 2.74. The Morgan fingerprint density at radius 2 is 2.21 bits per heavy atom. The van der Waals surface area contributed by atoms with Crippen molar-refractivity contribution in [3.63, 3.8) is 0 Å². The number of hydrogen-bond acceptors (Lipinski definition) is 5. The molecule has 0 aromatic rings. The van der Waals surface area contributed by atoms with E-state index >= 15 is 0 Å². The smallest absolute Gasteiger partial charge is 0.229 e. The van der Waals surface area contributed by atoms with Crippen molar-refractivity contribution in [2.75, 3.05) is 46.7 Å². The lowest BCUT2D eigenvalue weighted by Crippen LogP contribution is -2.50. The predicted octanol–water partition coefficient (Wildman–Crippen LogP) is -0.0904. The van der Waals surface area contributed by atoms with Crippen LogP contribution in [0.15, 0.2) is 0 Å². The van der Waals surface area contributed by atoms with Gasteiger partial charge in [-0.15, -0.1) is 0 Å². The number of hydrogen-bond donors (Lipinski definition) is 2. The lowest BCUT2D eigenvalue weighted by molar-refractivity contribution is -0.130. The van der Waals surface area contributed by atoms with Gasteiger partial charge in [-0.2, -0.15) is 0 Å². The Hall–Kier alpha value is -0.690. The maximum Gasteiger partial charge on any atom is 0.229 e. The van der Waals surface area contributed by atoms with Crippen molar-refractivity contribution in [1.82, 2.24) is 5.32 Å². The summed E-state index contributed by atoms with van der Waals surface area (Å²) in [6.07, 6.45) is 1.81. The molecule has 1 saturated heterocycles. The molecule has 1 aliphatic heterocycles. The van der Waals surface area contributed by atoms with E-state index in [4.69, 9.17) is 19.9 Å². The number of carbonyl (C=O) groups is 1. The predicted molar refractivity (Wildman–Crippen MR) is 71.8 cm³/mol. The van der Waals surface area contributed by atoms with E-state index in [1.54, 1.807) is 7.11 Å². The molecule has 19 heavy (non-hydrogen) atoms. The van der Waals surface area contributed by atoms with Crippen LogP contribution >= 0.6 is 0 Å². The second kappa shape index (κ2) is 8.47. The Kier molecular flexibility index (Phi) is 7.30. The maximum absolute atomic E-state index is 12.0. The summed E-state index contributed by atoms with van der Waals surface area (Å²) in [5.74, 6) is -0.0159. The van der Waals surface area contributed by atoms with Gasteiger partial charge < -0.3 is 25.3 Å². The van der Waals surface area contributed by atoms with Crippen LogP contribution in [-0.4, -0.2) is 58.6 Å². The lowest BCUT2D eigenvalue weighted by atomic mass is 9.85. The van der Waals surface area contributed by atoms with Crippen molar-refractivity contribution in [3.05, 3.63) is 0 Å². The summed E-state index contributed by atoms with van der Waals surface area (Å²) in [5.41, 5.74) is 5.31. The van der Waals surface area contributed by atoms with Crippen LogP contribution in [0.1, 0.15) is 19.8 Å². The second-order valence-corrected chi connectivity index (χ2v) is 5.11. The van der Waals surface area contributed by atoms with E-state index in [9.17, 15) is 4.79 Å². The Balaban J connectivity index is 2.04. The first kappa shape index (κ1) is 16.4. The summed E-state index contributed by atoms with van der Waals surface area (Å²) in [5, 5.41) is 2.92. The molecule has 0 spiro atoms. The van der Waals surface area contributed by atoms with Gasteiger partial charge in [-0.1, -0.05) is 0 Å². The third kappa shape index (κ3) is 5.06. The van der Waals surface area contributed by atoms with E-state index in [2.05, 4.69) is 5.32 Å². The molecule has 0 bridgehead atoms. The quantitative estimate of drug-likeness (QED) is 0.574. The van der Waals surface area contributed by atoms with Crippen molar-refractivity contribution in [2.45, 2.75) is 25.8 Å². The molecule has 0 aromatic heterocycles. The fraction of sp³-hybridized carbons (Fsp3) is 0.923. The molecular formula is C13H26N2O4. The highest BCUT2D eigenvalue weighted by Crippen LogP contribution is 2.26. The van der Waals surface area contributed by atoms with Crippen LogP contribution in [0.3, 0.4) is 0 Å². The molecule has 1 heterocycles. The number of rotatable bonds is 9. The summed E-state index contributed by atoms with van der Waals surface area (Å²) in [7, 11) is 1.65. The summed E-state index contributed by atoms with van der Waals surface area (Å²) in [6, 6.07) is -0.218. The highest BCUT2D eigenvalue weighted by Gasteiger charge is 2.44. The monoisotopic (exact) mass is 274 g/mol. The third-order valence-electron chi connectivity index (χ3n) is 3.47. The Morgan fingerprint density at radius 1 is 1.42 bits per heavy atom. The molecule has 0 radical (unpaired) electrons. The van der Waals surface area contributed by atoms with Crippen LogP contribution < -0.4 is 11.1 Å². The molecule has 6 nitrogen and oxygen atoms in total. The highest BCUT2D eigenvalue weighted by atomic mass is 16.5. The Bertz CT molecular complexity index is 275. The maximum atomic E-state index is 12.0. The summed E-state index contributed by atoms with van der Waals surface area (Å²) >= 11 is 0. The fourth-order valence-electron chi connectivity index (χ4n) is 1.90. The second-order valence-electron chi connectivity index (χ2n) is 5.11. The van der Waals surface area contributed by atoms with Crippen molar-refractivity contribution < 1.29 is 19.0 Å². The molecule has 1 fully saturated rings. The highest BCUT2D eigenvalue weighted by molar-refractivity contribution is 5.83. The standard InChI is InChI=1S/C13H26N2O4/c1-13(10-19-9-11(13)14)12(16)15-5-3-4-6-18-8-7-17-2/h11H,3-10,14H2,1-2H3,(H,15,16). The van der Waals surface area contributed by atoms with Crippen molar-refractivity contribution in [2.24, 2.45) is 11.1 Å². The number of ether oxygens (including phenoxy) is 3. The summed E-state index contributed by atoms with van der Waals surface area (Å²) in [4.78, 5) is 12.0. The number of nitrogens with one attached hydrogen (secondary N) is 1. The van der Waals surface area contributed by atoms with Gasteiger partial charge in [-0.25, -0.2) is 0 Å². The number of amides is 1. The first-order valence-corrected chi connectivity index (χ1v) is 6.79. The number of carbonyl (C=O) groups excluding carboxylic acids is 1. The van der Waals surface area contributed by atoms with E-state index in [-0.39, 0.29) is 11.9 Å². The van der Waals surface area contributed by atoms with Crippen molar-refractivity contribution in [3.8, 4) is 0 Å². The van der Waals surface area contributed by atoms with Crippen LogP contribution in [0.25, 0.3) is 0 Å². The SMILES string of the molecule is COCCOCCCCNC(=O)C1(C)COCC1N. The summed E-state index contributed by atoms with van der Waals surface area (Å²) in [6.45, 7) is 5.29. The van der Waals surface area contributed by atoms with E-state index < -0.39 is 5.41 Å². The van der Waals surface area contributed by atoms with Crippen molar-refractivity contribution in [1.29, 1.82) is 0 Å². The van der Waals surface area contributed by atoms with Crippen molar-refractivity contribution >= 4 is 5.91 Å². The molecular weight excluding hydrogens is 248 g/mol. The average molecular weight is 274 g/mol. The minimum absolute atomic E-state index is 0.0159. The number of methoxy groups -OCH3 is 1. The molecule has 112 valence electrons. The number of unbranched alkanes of at least 4 members (excludes halogenated alkanes) is 1. The molecule has 1 aliphatic rings. The fourth-order valence-corrected chi connectivity index (χ4v) is 1.90. The molecule has 6 heteroatoms. The van der Waals surface area contributed by atoms with E-state index in [1.165, 1.54) is 0 Å². The molecule has 0 saturated carbocycles. The first-order chi connectivity index (χ1) is 9.11. The molecule has 1 rings (SSSR count). The van der Waals surface area contributed by atoms with Crippen LogP contribution in [-0.2, 0) is 19.0 Å². The van der Waals surface area contributed by atoms with E-state index in [1.807, 2.05) is 6.92 Å². The normalized spacial score (nSPS) is 26.6. The van der Waals surface area contributed by atoms with E-state index in [0.29, 0.717) is 39.6 Å². The summed E-state index contributed by atoms with van der Waals surface area (Å²) < 4.78 is 15.5. The zero-order valence-corrected chi connectivity index (χ0v) is 11.9. The van der Waals surface area contributed by atoms with Gasteiger partial charge in [-0.05, 0) is 19.8 Å². The van der Waals surface area contributed by atoms with E-state index in [0.717, 1.165) is 12.8 Å². The van der Waals surface area contributed by atoms with Crippen LogP contribution in [0, 0.1) is 5.41 Å². The molecule has 3 N–H and O–H groups in total. The van der Waals surface area contributed by atoms with Gasteiger partial charge in [0.25, 0.3) is 0 Å². The molecule has 2 unspecified atom stereocenters. The van der Waals surface area contributed by atoms with Gasteiger partial charge in [0.2, 0.25) is 5.91 Å². The minimum Gasteiger partial charge on any atom is -0.382 e. The largest absolute Gasteiger partial charge is 0.382 e. The lowest BCUT2D eigenvalue weighted by Gasteiger charge is -2.25. The van der Waals surface area contributed by atoms with Gasteiger partial charge in [0, 0.05) is 26.3 Å². The van der Waals surface area contributed by atoms with Crippen LogP contribution in [0.5, 0.6) is 0 Å². The van der Waals surface area contributed by atoms with Gasteiger partial charge in [0.05, 0.1) is 31.8 Å². The number of nitrogens with two attached hydrogens (primary N) is 1. The molecule has 0 aliphatic carbocycles. The van der Waals surface area contributed by atoms with Gasteiger partial charge in [0.1, 0.15) is 0 Å². The van der Waals surface area contributed by atoms with Gasteiger partial charge >= 0.3 is 0 Å². The van der Waals surface area contributed by atoms with Crippen LogP contribution in [0.2, 0.25) is 0 Å². The Labute approximate surface area is 115 Å². The zero-order valence-electron chi connectivity index (χ0n) is 11.9.